The Labute approximate surface area is 99.6 Å². The molecule has 1 aliphatic heterocycles. The normalized spacial score (nSPS) is 19.2. The lowest BCUT2D eigenvalue weighted by molar-refractivity contribution is 0.0989. The topological polar surface area (TPSA) is 90.1 Å². The van der Waals surface area contributed by atoms with Crippen LogP contribution in [0.5, 0.6) is 5.88 Å². The molecule has 6 heteroatoms. The summed E-state index contributed by atoms with van der Waals surface area (Å²) in [6.07, 6.45) is 5.03. The van der Waals surface area contributed by atoms with Crippen LogP contribution in [-0.4, -0.2) is 35.6 Å². The van der Waals surface area contributed by atoms with E-state index in [1.54, 1.807) is 0 Å². The number of nitrogens with one attached hydrogen (secondary N) is 1. The van der Waals surface area contributed by atoms with Gasteiger partial charge in [-0.3, -0.25) is 4.79 Å². The summed E-state index contributed by atoms with van der Waals surface area (Å²) in [7, 11) is 0. The van der Waals surface area contributed by atoms with Gasteiger partial charge < -0.3 is 15.8 Å². The highest BCUT2D eigenvalue weighted by atomic mass is 16.5. The van der Waals surface area contributed by atoms with Gasteiger partial charge in [-0.2, -0.15) is 0 Å². The molecule has 0 bridgehead atoms. The van der Waals surface area contributed by atoms with Gasteiger partial charge in [-0.25, -0.2) is 9.97 Å². The standard InChI is InChI=1S/C11H16N4O2/c12-10(16)9-11(15-5-4-14-9)17-6-2-8-1-3-13-7-8/h4-5,8,13H,1-3,6-7H2,(H2,12,16). The molecule has 2 heterocycles. The minimum absolute atomic E-state index is 0.0945. The maximum atomic E-state index is 11.1. The van der Waals surface area contributed by atoms with Crippen molar-refractivity contribution in [2.24, 2.45) is 11.7 Å². The predicted molar refractivity (Wildman–Crippen MR) is 61.6 cm³/mol. The first-order chi connectivity index (χ1) is 8.27. The van der Waals surface area contributed by atoms with E-state index in [-0.39, 0.29) is 11.6 Å². The third-order valence-corrected chi connectivity index (χ3v) is 2.83. The van der Waals surface area contributed by atoms with E-state index in [0.29, 0.717) is 12.5 Å². The van der Waals surface area contributed by atoms with Gasteiger partial charge in [-0.1, -0.05) is 0 Å². The second-order valence-corrected chi connectivity index (χ2v) is 4.07. The molecule has 1 amide bonds. The number of ether oxygens (including phenoxy) is 1. The molecule has 1 aliphatic rings. The number of hydrogen-bond donors (Lipinski definition) is 2. The Morgan fingerprint density at radius 1 is 1.53 bits per heavy atom. The van der Waals surface area contributed by atoms with Crippen molar-refractivity contribution >= 4 is 5.91 Å². The maximum absolute atomic E-state index is 11.1. The third kappa shape index (κ3) is 3.13. The Balaban J connectivity index is 1.87. The van der Waals surface area contributed by atoms with Gasteiger partial charge in [-0.15, -0.1) is 0 Å². The number of hydrogen-bond acceptors (Lipinski definition) is 5. The van der Waals surface area contributed by atoms with Crippen LogP contribution in [0.3, 0.4) is 0 Å². The van der Waals surface area contributed by atoms with E-state index in [1.807, 2.05) is 0 Å². The summed E-state index contributed by atoms with van der Waals surface area (Å²) < 4.78 is 5.46. The number of aromatic nitrogens is 2. The maximum Gasteiger partial charge on any atom is 0.272 e. The molecule has 1 fully saturated rings. The van der Waals surface area contributed by atoms with Crippen LogP contribution >= 0.6 is 0 Å². The van der Waals surface area contributed by atoms with Crippen LogP contribution in [-0.2, 0) is 0 Å². The van der Waals surface area contributed by atoms with Crippen molar-refractivity contribution < 1.29 is 9.53 Å². The van der Waals surface area contributed by atoms with Crippen molar-refractivity contribution in [3.8, 4) is 5.88 Å². The average molecular weight is 236 g/mol. The van der Waals surface area contributed by atoms with Gasteiger partial charge in [0, 0.05) is 12.4 Å². The molecule has 0 saturated carbocycles. The first kappa shape index (κ1) is 11.8. The van der Waals surface area contributed by atoms with Crippen molar-refractivity contribution in [1.29, 1.82) is 0 Å². The summed E-state index contributed by atoms with van der Waals surface area (Å²) in [6.45, 7) is 2.64. The number of rotatable bonds is 5. The molecular weight excluding hydrogens is 220 g/mol. The molecule has 0 spiro atoms. The van der Waals surface area contributed by atoms with Crippen molar-refractivity contribution in [2.75, 3.05) is 19.7 Å². The van der Waals surface area contributed by atoms with Gasteiger partial charge in [0.05, 0.1) is 6.61 Å². The Morgan fingerprint density at radius 2 is 2.35 bits per heavy atom. The summed E-state index contributed by atoms with van der Waals surface area (Å²) in [6, 6.07) is 0. The largest absolute Gasteiger partial charge is 0.476 e. The van der Waals surface area contributed by atoms with E-state index in [9.17, 15) is 4.79 Å². The van der Waals surface area contributed by atoms with Gasteiger partial charge in [0.25, 0.3) is 5.91 Å². The molecule has 1 aromatic rings. The van der Waals surface area contributed by atoms with Crippen LogP contribution in [0.1, 0.15) is 23.3 Å². The molecule has 2 rings (SSSR count). The lowest BCUT2D eigenvalue weighted by Crippen LogP contribution is -2.17. The minimum Gasteiger partial charge on any atom is -0.476 e. The van der Waals surface area contributed by atoms with Crippen molar-refractivity contribution in [1.82, 2.24) is 15.3 Å². The lowest BCUT2D eigenvalue weighted by atomic mass is 10.1. The zero-order chi connectivity index (χ0) is 12.1. The number of nitrogens with two attached hydrogens (primary N) is 1. The van der Waals surface area contributed by atoms with Crippen molar-refractivity contribution in [2.45, 2.75) is 12.8 Å². The molecule has 1 aromatic heterocycles. The Morgan fingerprint density at radius 3 is 3.06 bits per heavy atom. The SMILES string of the molecule is NC(=O)c1nccnc1OCCC1CCNC1. The zero-order valence-corrected chi connectivity index (χ0v) is 9.56. The number of primary amides is 1. The van der Waals surface area contributed by atoms with Crippen LogP contribution in [0, 0.1) is 5.92 Å². The molecule has 6 nitrogen and oxygen atoms in total. The van der Waals surface area contributed by atoms with E-state index in [0.717, 1.165) is 19.5 Å². The van der Waals surface area contributed by atoms with Crippen LogP contribution < -0.4 is 15.8 Å². The Hall–Kier alpha value is -1.69. The van der Waals surface area contributed by atoms with E-state index >= 15 is 0 Å². The van der Waals surface area contributed by atoms with Gasteiger partial charge in [-0.05, 0) is 31.8 Å². The van der Waals surface area contributed by atoms with Crippen LogP contribution in [0.2, 0.25) is 0 Å². The number of carbonyl (C=O) groups excluding carboxylic acids is 1. The fraction of sp³-hybridized carbons (Fsp3) is 0.545. The van der Waals surface area contributed by atoms with E-state index < -0.39 is 5.91 Å². The summed E-state index contributed by atoms with van der Waals surface area (Å²) >= 11 is 0. The number of carbonyl (C=O) groups is 1. The quantitative estimate of drug-likeness (QED) is 0.748. The molecule has 3 N–H and O–H groups in total. The second-order valence-electron chi connectivity index (χ2n) is 4.07. The fourth-order valence-electron chi connectivity index (χ4n) is 1.88. The summed E-state index contributed by atoms with van der Waals surface area (Å²) in [5.74, 6) is 0.255. The average Bonchev–Trinajstić information content (AvgIpc) is 2.82. The molecule has 0 aliphatic carbocycles. The van der Waals surface area contributed by atoms with Gasteiger partial charge in [0.15, 0.2) is 5.69 Å². The summed E-state index contributed by atoms with van der Waals surface area (Å²) in [5.41, 5.74) is 5.27. The van der Waals surface area contributed by atoms with E-state index in [1.165, 1.54) is 18.8 Å². The van der Waals surface area contributed by atoms with E-state index in [2.05, 4.69) is 15.3 Å². The van der Waals surface area contributed by atoms with Gasteiger partial charge >= 0.3 is 0 Å². The first-order valence-electron chi connectivity index (χ1n) is 5.71. The monoisotopic (exact) mass is 236 g/mol. The van der Waals surface area contributed by atoms with Crippen LogP contribution in [0.4, 0.5) is 0 Å². The highest BCUT2D eigenvalue weighted by molar-refractivity contribution is 5.92. The molecule has 17 heavy (non-hydrogen) atoms. The van der Waals surface area contributed by atoms with E-state index in [4.69, 9.17) is 10.5 Å². The molecule has 1 atom stereocenters. The lowest BCUT2D eigenvalue weighted by Gasteiger charge is -2.10. The van der Waals surface area contributed by atoms with Crippen LogP contribution in [0.15, 0.2) is 12.4 Å². The predicted octanol–water partition coefficient (Wildman–Crippen LogP) is -0.0461. The molecule has 0 radical (unpaired) electrons. The fourth-order valence-corrected chi connectivity index (χ4v) is 1.88. The Bertz CT molecular complexity index is 391. The third-order valence-electron chi connectivity index (χ3n) is 2.83. The minimum atomic E-state index is -0.615. The van der Waals surface area contributed by atoms with Crippen LogP contribution in [0.25, 0.3) is 0 Å². The van der Waals surface area contributed by atoms with Gasteiger partial charge in [0.1, 0.15) is 0 Å². The Kier molecular flexibility index (Phi) is 3.87. The second kappa shape index (κ2) is 5.58. The number of nitrogens with zero attached hydrogens (tertiary/aromatic N) is 2. The number of amides is 1. The van der Waals surface area contributed by atoms with Gasteiger partial charge in [0.2, 0.25) is 5.88 Å². The molecule has 92 valence electrons. The van der Waals surface area contributed by atoms with Crippen molar-refractivity contribution in [3.63, 3.8) is 0 Å². The summed E-state index contributed by atoms with van der Waals surface area (Å²) in [5, 5.41) is 3.29. The highest BCUT2D eigenvalue weighted by Crippen LogP contribution is 2.15. The smallest absolute Gasteiger partial charge is 0.272 e. The molecule has 1 saturated heterocycles. The molecule has 1 unspecified atom stereocenters. The first-order valence-corrected chi connectivity index (χ1v) is 5.71. The summed E-state index contributed by atoms with van der Waals surface area (Å²) in [4.78, 5) is 18.9. The molecular formula is C11H16N4O2. The van der Waals surface area contributed by atoms with Crippen molar-refractivity contribution in [3.05, 3.63) is 18.1 Å². The highest BCUT2D eigenvalue weighted by Gasteiger charge is 2.16. The molecule has 0 aromatic carbocycles. The zero-order valence-electron chi connectivity index (χ0n) is 9.56.